The molecule has 1 aromatic heterocycles. The van der Waals surface area contributed by atoms with Gasteiger partial charge in [-0.2, -0.15) is 5.10 Å². The minimum atomic E-state index is -0.466. The lowest BCUT2D eigenvalue weighted by atomic mass is 10.1. The number of aromatic nitrogens is 2. The number of benzene rings is 1. The molecule has 0 atom stereocenters. The molecule has 0 saturated carbocycles. The van der Waals surface area contributed by atoms with Crippen LogP contribution in [0.1, 0.15) is 5.69 Å². The van der Waals surface area contributed by atoms with Crippen molar-refractivity contribution in [1.29, 1.82) is 0 Å². The summed E-state index contributed by atoms with van der Waals surface area (Å²) in [5.41, 5.74) is 1.92. The van der Waals surface area contributed by atoms with Crippen molar-refractivity contribution in [3.05, 3.63) is 40.1 Å². The molecule has 0 unspecified atom stereocenters. The standard InChI is InChI=1S/C10H9N3O3/c1-6-9(10(14)12-11-6)7-2-4-8(5-3-7)13(15)16/h2-5H,1H3,(H2,11,12,14). The maximum atomic E-state index is 10.5. The Bertz CT molecular complexity index is 511. The molecule has 1 heterocycles. The number of rotatable bonds is 2. The van der Waals surface area contributed by atoms with E-state index in [0.29, 0.717) is 16.8 Å². The van der Waals surface area contributed by atoms with Crippen LogP contribution < -0.4 is 0 Å². The Hall–Kier alpha value is -2.37. The van der Waals surface area contributed by atoms with E-state index in [1.807, 2.05) is 0 Å². The van der Waals surface area contributed by atoms with Crippen molar-refractivity contribution in [3.8, 4) is 17.0 Å². The third-order valence-corrected chi connectivity index (χ3v) is 2.29. The third-order valence-electron chi connectivity index (χ3n) is 2.29. The van der Waals surface area contributed by atoms with E-state index in [1.165, 1.54) is 12.1 Å². The molecule has 2 rings (SSSR count). The zero-order valence-electron chi connectivity index (χ0n) is 8.47. The quantitative estimate of drug-likeness (QED) is 0.596. The van der Waals surface area contributed by atoms with Gasteiger partial charge in [0.25, 0.3) is 5.69 Å². The largest absolute Gasteiger partial charge is 0.493 e. The Labute approximate surface area is 90.7 Å². The fourth-order valence-corrected chi connectivity index (χ4v) is 1.52. The van der Waals surface area contributed by atoms with E-state index in [9.17, 15) is 15.2 Å². The monoisotopic (exact) mass is 219 g/mol. The summed E-state index contributed by atoms with van der Waals surface area (Å²) in [4.78, 5) is 10.0. The van der Waals surface area contributed by atoms with Gasteiger partial charge in [-0.1, -0.05) is 0 Å². The van der Waals surface area contributed by atoms with Crippen molar-refractivity contribution in [1.82, 2.24) is 10.2 Å². The van der Waals surface area contributed by atoms with E-state index in [1.54, 1.807) is 19.1 Å². The second kappa shape index (κ2) is 3.65. The molecule has 0 aliphatic rings. The zero-order chi connectivity index (χ0) is 11.7. The fraction of sp³-hybridized carbons (Fsp3) is 0.100. The van der Waals surface area contributed by atoms with Gasteiger partial charge < -0.3 is 5.11 Å². The number of aryl methyl sites for hydroxylation is 1. The van der Waals surface area contributed by atoms with Gasteiger partial charge in [0.05, 0.1) is 16.2 Å². The van der Waals surface area contributed by atoms with Crippen molar-refractivity contribution in [3.63, 3.8) is 0 Å². The zero-order valence-corrected chi connectivity index (χ0v) is 8.47. The van der Waals surface area contributed by atoms with Gasteiger partial charge in [0, 0.05) is 12.1 Å². The molecule has 6 heteroatoms. The van der Waals surface area contributed by atoms with Crippen LogP contribution >= 0.6 is 0 Å². The number of hydrogen-bond donors (Lipinski definition) is 2. The lowest BCUT2D eigenvalue weighted by Crippen LogP contribution is -1.87. The van der Waals surface area contributed by atoms with Crippen LogP contribution in [-0.2, 0) is 0 Å². The molecule has 2 aromatic rings. The smallest absolute Gasteiger partial charge is 0.269 e. The highest BCUT2D eigenvalue weighted by Gasteiger charge is 2.12. The number of non-ortho nitro benzene ring substituents is 1. The van der Waals surface area contributed by atoms with Gasteiger partial charge in [0.2, 0.25) is 5.88 Å². The van der Waals surface area contributed by atoms with E-state index >= 15 is 0 Å². The average Bonchev–Trinajstić information content (AvgIpc) is 2.59. The highest BCUT2D eigenvalue weighted by Crippen LogP contribution is 2.30. The molecule has 0 saturated heterocycles. The maximum absolute atomic E-state index is 10.5. The van der Waals surface area contributed by atoms with Crippen LogP contribution in [0.15, 0.2) is 24.3 Å². The molecule has 16 heavy (non-hydrogen) atoms. The highest BCUT2D eigenvalue weighted by molar-refractivity contribution is 5.71. The van der Waals surface area contributed by atoms with Crippen LogP contribution in [0, 0.1) is 17.0 Å². The first-order valence-corrected chi connectivity index (χ1v) is 4.58. The number of nitrogens with zero attached hydrogens (tertiary/aromatic N) is 2. The van der Waals surface area contributed by atoms with Crippen LogP contribution in [0.5, 0.6) is 5.88 Å². The number of aromatic amines is 1. The number of nitro groups is 1. The van der Waals surface area contributed by atoms with Crippen molar-refractivity contribution in [2.45, 2.75) is 6.92 Å². The van der Waals surface area contributed by atoms with Crippen LogP contribution in [0.2, 0.25) is 0 Å². The maximum Gasteiger partial charge on any atom is 0.269 e. The van der Waals surface area contributed by atoms with E-state index in [-0.39, 0.29) is 11.6 Å². The Kier molecular flexibility index (Phi) is 2.32. The van der Waals surface area contributed by atoms with Crippen LogP contribution in [0.4, 0.5) is 5.69 Å². The van der Waals surface area contributed by atoms with Crippen molar-refractivity contribution in [2.24, 2.45) is 0 Å². The molecule has 0 aliphatic heterocycles. The number of H-pyrrole nitrogens is 1. The summed E-state index contributed by atoms with van der Waals surface area (Å²) < 4.78 is 0. The normalized spacial score (nSPS) is 10.3. The summed E-state index contributed by atoms with van der Waals surface area (Å²) in [6, 6.07) is 5.94. The first-order chi connectivity index (χ1) is 7.59. The number of nitrogens with one attached hydrogen (secondary N) is 1. The topological polar surface area (TPSA) is 92.0 Å². The molecule has 0 spiro atoms. The van der Waals surface area contributed by atoms with Crippen molar-refractivity contribution in [2.75, 3.05) is 0 Å². The van der Waals surface area contributed by atoms with Gasteiger partial charge >= 0.3 is 0 Å². The minimum absolute atomic E-state index is 0.0180. The van der Waals surface area contributed by atoms with Gasteiger partial charge in [0.15, 0.2) is 0 Å². The Morgan fingerprint density at radius 1 is 1.38 bits per heavy atom. The molecule has 1 aromatic carbocycles. The Morgan fingerprint density at radius 3 is 2.44 bits per heavy atom. The second-order valence-electron chi connectivity index (χ2n) is 3.34. The lowest BCUT2D eigenvalue weighted by Gasteiger charge is -1.99. The van der Waals surface area contributed by atoms with E-state index < -0.39 is 4.92 Å². The Balaban J connectivity index is 2.46. The fourth-order valence-electron chi connectivity index (χ4n) is 1.52. The average molecular weight is 219 g/mol. The molecule has 0 fully saturated rings. The molecule has 0 aliphatic carbocycles. The first-order valence-electron chi connectivity index (χ1n) is 4.58. The predicted octanol–water partition coefficient (Wildman–Crippen LogP) is 2.00. The van der Waals surface area contributed by atoms with Crippen LogP contribution in [0.3, 0.4) is 0 Å². The van der Waals surface area contributed by atoms with Crippen LogP contribution in [-0.4, -0.2) is 20.2 Å². The van der Waals surface area contributed by atoms with Gasteiger partial charge in [-0.25, -0.2) is 5.10 Å². The molecular formula is C10H9N3O3. The SMILES string of the molecule is Cc1n[nH]c(O)c1-c1ccc([N+](=O)[O-])cc1. The van der Waals surface area contributed by atoms with E-state index in [4.69, 9.17) is 0 Å². The molecule has 0 radical (unpaired) electrons. The Morgan fingerprint density at radius 2 is 2.00 bits per heavy atom. The molecular weight excluding hydrogens is 210 g/mol. The highest BCUT2D eigenvalue weighted by atomic mass is 16.6. The molecule has 0 amide bonds. The summed E-state index contributed by atoms with van der Waals surface area (Å²) >= 11 is 0. The minimum Gasteiger partial charge on any atom is -0.493 e. The van der Waals surface area contributed by atoms with Gasteiger partial charge in [-0.15, -0.1) is 0 Å². The summed E-state index contributed by atoms with van der Waals surface area (Å²) in [5, 5.41) is 26.3. The second-order valence-corrected chi connectivity index (χ2v) is 3.34. The molecule has 2 N–H and O–H groups in total. The van der Waals surface area contributed by atoms with Crippen molar-refractivity contribution < 1.29 is 10.0 Å². The van der Waals surface area contributed by atoms with E-state index in [2.05, 4.69) is 10.2 Å². The van der Waals surface area contributed by atoms with Gasteiger partial charge in [-0.05, 0) is 24.6 Å². The molecule has 82 valence electrons. The summed E-state index contributed by atoms with van der Waals surface area (Å²) in [5.74, 6) is -0.0358. The van der Waals surface area contributed by atoms with Crippen LogP contribution in [0.25, 0.3) is 11.1 Å². The third kappa shape index (κ3) is 1.60. The summed E-state index contributed by atoms with van der Waals surface area (Å²) in [6.07, 6.45) is 0. The summed E-state index contributed by atoms with van der Waals surface area (Å²) in [7, 11) is 0. The number of hydrogen-bond acceptors (Lipinski definition) is 4. The number of nitro benzene ring substituents is 1. The summed E-state index contributed by atoms with van der Waals surface area (Å²) in [6.45, 7) is 1.74. The molecule has 0 bridgehead atoms. The first kappa shape index (κ1) is 10.2. The predicted molar refractivity (Wildman–Crippen MR) is 57.1 cm³/mol. The van der Waals surface area contributed by atoms with Crippen molar-refractivity contribution >= 4 is 5.69 Å². The lowest BCUT2D eigenvalue weighted by molar-refractivity contribution is -0.384. The van der Waals surface area contributed by atoms with E-state index in [0.717, 1.165) is 0 Å². The number of aromatic hydroxyl groups is 1. The van der Waals surface area contributed by atoms with Gasteiger partial charge in [-0.3, -0.25) is 10.1 Å². The molecule has 6 nitrogen and oxygen atoms in total. The van der Waals surface area contributed by atoms with Gasteiger partial charge in [0.1, 0.15) is 0 Å².